The Morgan fingerprint density at radius 3 is 1.65 bits per heavy atom. The molecule has 0 bridgehead atoms. The van der Waals surface area contributed by atoms with Crippen LogP contribution in [0.2, 0.25) is 0 Å². The molecule has 1 aliphatic rings. The number of esters is 1. The third-order valence-electron chi connectivity index (χ3n) is 8.43. The minimum atomic E-state index is -0.723. The van der Waals surface area contributed by atoms with Crippen molar-refractivity contribution in [1.82, 2.24) is 18.8 Å². The van der Waals surface area contributed by atoms with Crippen LogP contribution >= 0.6 is 31.9 Å². The fourth-order valence-electron chi connectivity index (χ4n) is 5.78. The Hall–Kier alpha value is -3.56. The van der Waals surface area contributed by atoms with E-state index in [1.807, 2.05) is 24.3 Å². The minimum Gasteiger partial charge on any atom is -1.00 e. The van der Waals surface area contributed by atoms with Crippen molar-refractivity contribution >= 4 is 71.9 Å². The Morgan fingerprint density at radius 2 is 1.24 bits per heavy atom. The Balaban J connectivity index is 0.000000305. The third kappa shape index (κ3) is 9.86. The summed E-state index contributed by atoms with van der Waals surface area (Å²) in [5.41, 5.74) is 3.08. The standard InChI is InChI=1S/C18H17FN2O2.C15H11FN2O3.C4H8Br2.Mg.2H/c19-14-9-16-17(22)20-15(11-21(16)10-14)12-3-5-13(6-4-12)18(23)7-1-2-8-18;1-21-15(20)10-4-2-9(3-5-10)12-8-18-7-11(16)6-13(18)14(19)17-12;5-3-1-2-4-6;;;/h3-6,9-11,23H,1-2,7-8H2,(H,20,22);2-8H,1H3,(H,17,19);1-4H2;;;/q;;;+2;2*-1. The number of aromatic nitrogens is 4. The van der Waals surface area contributed by atoms with E-state index in [1.165, 1.54) is 53.3 Å². The molecule has 3 N–H and O–H groups in total. The topological polar surface area (TPSA) is 121 Å². The second-order valence-electron chi connectivity index (χ2n) is 11.9. The number of aromatic amines is 2. The molecule has 14 heteroatoms. The maximum atomic E-state index is 13.3. The number of carbonyl (C=O) groups excluding carboxylic acids is 1. The molecule has 0 atom stereocenters. The molecular formula is C37H38Br2F2MgN4O5. The first-order chi connectivity index (χ1) is 24.0. The zero-order chi connectivity index (χ0) is 35.8. The van der Waals surface area contributed by atoms with Crippen LogP contribution in [-0.2, 0) is 10.3 Å². The summed E-state index contributed by atoms with van der Waals surface area (Å²) >= 11 is 6.66. The summed E-state index contributed by atoms with van der Waals surface area (Å²) in [5, 5.41) is 12.9. The number of alkyl halides is 2. The number of hydrogen-bond acceptors (Lipinski definition) is 5. The number of unbranched alkanes of at least 4 members (excludes halogenated alkanes) is 1. The van der Waals surface area contributed by atoms with Crippen molar-refractivity contribution in [3.05, 3.63) is 129 Å². The largest absolute Gasteiger partial charge is 2.00 e. The Labute approximate surface area is 328 Å². The summed E-state index contributed by atoms with van der Waals surface area (Å²) in [5.74, 6) is -1.34. The summed E-state index contributed by atoms with van der Waals surface area (Å²) in [6.45, 7) is 0. The summed E-state index contributed by atoms with van der Waals surface area (Å²) in [7, 11) is 1.31. The summed E-state index contributed by atoms with van der Waals surface area (Å²) < 4.78 is 34.0. The quantitative estimate of drug-likeness (QED) is 0.0656. The van der Waals surface area contributed by atoms with E-state index in [0.717, 1.165) is 47.5 Å². The van der Waals surface area contributed by atoms with Gasteiger partial charge in [-0.15, -0.1) is 0 Å². The van der Waals surface area contributed by atoms with Gasteiger partial charge in [-0.1, -0.05) is 81.1 Å². The molecule has 0 aliphatic heterocycles. The van der Waals surface area contributed by atoms with E-state index >= 15 is 0 Å². The van der Waals surface area contributed by atoms with E-state index in [0.29, 0.717) is 22.5 Å². The van der Waals surface area contributed by atoms with Gasteiger partial charge in [0, 0.05) is 47.6 Å². The van der Waals surface area contributed by atoms with Gasteiger partial charge in [-0.05, 0) is 54.5 Å². The summed E-state index contributed by atoms with van der Waals surface area (Å²) in [6, 6.07) is 16.5. The molecule has 0 saturated heterocycles. The van der Waals surface area contributed by atoms with Gasteiger partial charge in [0.05, 0.1) is 29.7 Å². The molecule has 6 aromatic rings. The molecule has 51 heavy (non-hydrogen) atoms. The van der Waals surface area contributed by atoms with Gasteiger partial charge in [-0.25, -0.2) is 13.6 Å². The predicted octanol–water partition coefficient (Wildman–Crippen LogP) is 7.82. The second kappa shape index (κ2) is 18.3. The van der Waals surface area contributed by atoms with Crippen molar-refractivity contribution in [3.63, 3.8) is 0 Å². The number of benzene rings is 2. The number of nitrogens with one attached hydrogen (secondary N) is 2. The van der Waals surface area contributed by atoms with Crippen LogP contribution in [0.25, 0.3) is 33.5 Å². The molecule has 1 aliphatic carbocycles. The van der Waals surface area contributed by atoms with Gasteiger partial charge in [0.2, 0.25) is 0 Å². The number of halogens is 4. The van der Waals surface area contributed by atoms with E-state index in [2.05, 4.69) is 46.6 Å². The van der Waals surface area contributed by atoms with E-state index in [-0.39, 0.29) is 48.1 Å². The minimum absolute atomic E-state index is 0. The van der Waals surface area contributed by atoms with Crippen molar-refractivity contribution in [1.29, 1.82) is 0 Å². The Kier molecular flexibility index (Phi) is 14.4. The van der Waals surface area contributed by atoms with Crippen LogP contribution in [0, 0.1) is 11.6 Å². The number of carbonyl (C=O) groups is 1. The second-order valence-corrected chi connectivity index (χ2v) is 13.5. The summed E-state index contributed by atoms with van der Waals surface area (Å²) in [4.78, 5) is 40.7. The van der Waals surface area contributed by atoms with Crippen LogP contribution in [0.3, 0.4) is 0 Å². The number of fused-ring (bicyclic) bond motifs is 2. The number of methoxy groups -OCH3 is 1. The number of ether oxygens (including phenoxy) is 1. The fraction of sp³-hybridized carbons (Fsp3) is 0.270. The average molecular weight is 841 g/mol. The molecule has 1 saturated carbocycles. The van der Waals surface area contributed by atoms with Crippen molar-refractivity contribution in [2.45, 2.75) is 44.1 Å². The number of aliphatic hydroxyl groups is 1. The molecular weight excluding hydrogens is 803 g/mol. The molecule has 2 aromatic carbocycles. The first kappa shape index (κ1) is 40.2. The normalized spacial score (nSPS) is 13.1. The fourth-order valence-corrected chi connectivity index (χ4v) is 6.57. The molecule has 1 fully saturated rings. The van der Waals surface area contributed by atoms with Crippen molar-refractivity contribution < 1.29 is 26.3 Å². The number of hydrogen-bond donors (Lipinski definition) is 3. The van der Waals surface area contributed by atoms with Crippen LogP contribution in [0.5, 0.6) is 0 Å². The number of nitrogens with zero attached hydrogens (tertiary/aromatic N) is 2. The first-order valence-corrected chi connectivity index (χ1v) is 18.2. The monoisotopic (exact) mass is 838 g/mol. The molecule has 0 radical (unpaired) electrons. The van der Waals surface area contributed by atoms with Gasteiger partial charge in [-0.2, -0.15) is 0 Å². The average Bonchev–Trinajstić information content (AvgIpc) is 3.85. The van der Waals surface area contributed by atoms with Crippen LogP contribution in [-0.4, -0.2) is 70.7 Å². The predicted molar refractivity (Wildman–Crippen MR) is 205 cm³/mol. The maximum Gasteiger partial charge on any atom is 2.00 e. The van der Waals surface area contributed by atoms with Crippen LogP contribution < -0.4 is 11.1 Å². The first-order valence-electron chi connectivity index (χ1n) is 16.0. The van der Waals surface area contributed by atoms with E-state index in [1.54, 1.807) is 36.7 Å². The number of H-pyrrole nitrogens is 2. The third-order valence-corrected chi connectivity index (χ3v) is 9.55. The SMILES string of the molecule is BrCCCCBr.COC(=O)c1ccc(-c2cn3cc(F)cc3c(=O)[nH]2)cc1.O=c1[nH]c(-c2ccc(C3(O)CCCC3)cc2)cn2cc(F)cc12.[H-].[H-].[Mg+2]. The Morgan fingerprint density at radius 1 is 0.804 bits per heavy atom. The van der Waals surface area contributed by atoms with Crippen LogP contribution in [0.4, 0.5) is 8.78 Å². The Bertz CT molecular complexity index is 2200. The van der Waals surface area contributed by atoms with Gasteiger partial charge >= 0.3 is 29.0 Å². The molecule has 0 unspecified atom stereocenters. The van der Waals surface area contributed by atoms with Gasteiger partial charge in [-0.3, -0.25) is 9.59 Å². The van der Waals surface area contributed by atoms with Crippen molar-refractivity contribution in [3.8, 4) is 22.5 Å². The zero-order valence-corrected chi connectivity index (χ0v) is 32.5. The van der Waals surface area contributed by atoms with Crippen LogP contribution in [0.1, 0.15) is 57.3 Å². The van der Waals surface area contributed by atoms with E-state index in [4.69, 9.17) is 0 Å². The molecule has 4 aromatic heterocycles. The zero-order valence-electron chi connectivity index (χ0n) is 29.9. The van der Waals surface area contributed by atoms with Gasteiger partial charge in [0.25, 0.3) is 11.1 Å². The summed E-state index contributed by atoms with van der Waals surface area (Å²) in [6.07, 6.45) is 12.1. The maximum absolute atomic E-state index is 13.3. The molecule has 4 heterocycles. The van der Waals surface area contributed by atoms with Gasteiger partial charge < -0.3 is 31.5 Å². The van der Waals surface area contributed by atoms with Crippen molar-refractivity contribution in [2.24, 2.45) is 0 Å². The number of rotatable bonds is 7. The molecule has 9 nitrogen and oxygen atoms in total. The van der Waals surface area contributed by atoms with E-state index < -0.39 is 23.2 Å². The van der Waals surface area contributed by atoms with Crippen LogP contribution in [0.15, 0.2) is 95.0 Å². The van der Waals surface area contributed by atoms with Crippen molar-refractivity contribution in [2.75, 3.05) is 17.8 Å². The van der Waals surface area contributed by atoms with Gasteiger partial charge in [0.1, 0.15) is 22.7 Å². The van der Waals surface area contributed by atoms with Gasteiger partial charge in [0.15, 0.2) is 0 Å². The molecule has 7 rings (SSSR count). The molecule has 0 spiro atoms. The molecule has 266 valence electrons. The molecule has 0 amide bonds. The smallest absolute Gasteiger partial charge is 1.00 e. The van der Waals surface area contributed by atoms with E-state index in [9.17, 15) is 28.3 Å².